The fraction of sp³-hybridized carbons (Fsp3) is 0.444. The molecule has 0 spiro atoms. The highest BCUT2D eigenvalue weighted by Gasteiger charge is 2.10. The number of aryl methyl sites for hydroxylation is 1. The number of anilines is 1. The molecule has 5 heteroatoms. The van der Waals surface area contributed by atoms with Gasteiger partial charge in [0.15, 0.2) is 5.69 Å². The molecular formula is C9H13N3O2. The van der Waals surface area contributed by atoms with E-state index in [1.54, 1.807) is 27.0 Å². The van der Waals surface area contributed by atoms with Crippen LogP contribution in [0.1, 0.15) is 23.1 Å². The van der Waals surface area contributed by atoms with Gasteiger partial charge in [0.25, 0.3) is 0 Å². The first-order valence-corrected chi connectivity index (χ1v) is 4.38. The molecule has 0 fully saturated rings. The molecule has 1 N–H and O–H groups in total. The zero-order chi connectivity index (χ0) is 10.6. The van der Waals surface area contributed by atoms with Gasteiger partial charge in [0, 0.05) is 12.7 Å². The summed E-state index contributed by atoms with van der Waals surface area (Å²) in [6.07, 6.45) is 0. The largest absolute Gasteiger partial charge is 0.461 e. The molecule has 1 aromatic heterocycles. The number of carbonyl (C=O) groups excluding carboxylic acids is 1. The molecule has 0 atom stereocenters. The van der Waals surface area contributed by atoms with Crippen LogP contribution < -0.4 is 5.32 Å². The number of carbonyl (C=O) groups is 1. The summed E-state index contributed by atoms with van der Waals surface area (Å²) in [6, 6.07) is 1.60. The first kappa shape index (κ1) is 10.4. The molecule has 0 saturated heterocycles. The number of aromatic nitrogens is 2. The van der Waals surface area contributed by atoms with Gasteiger partial charge in [0.2, 0.25) is 5.95 Å². The van der Waals surface area contributed by atoms with Gasteiger partial charge >= 0.3 is 5.97 Å². The maximum Gasteiger partial charge on any atom is 0.357 e. The van der Waals surface area contributed by atoms with Crippen molar-refractivity contribution in [1.29, 1.82) is 0 Å². The Balaban J connectivity index is 2.96. The maximum atomic E-state index is 11.3. The second-order valence-corrected chi connectivity index (χ2v) is 2.69. The van der Waals surface area contributed by atoms with E-state index in [0.717, 1.165) is 5.69 Å². The van der Waals surface area contributed by atoms with Crippen LogP contribution in [0.3, 0.4) is 0 Å². The Morgan fingerprint density at radius 1 is 1.57 bits per heavy atom. The zero-order valence-electron chi connectivity index (χ0n) is 8.50. The van der Waals surface area contributed by atoms with Gasteiger partial charge in [-0.05, 0) is 19.9 Å². The average Bonchev–Trinajstić information content (AvgIpc) is 2.17. The lowest BCUT2D eigenvalue weighted by Gasteiger charge is -2.04. The highest BCUT2D eigenvalue weighted by Crippen LogP contribution is 2.05. The summed E-state index contributed by atoms with van der Waals surface area (Å²) in [5.41, 5.74) is 1.01. The van der Waals surface area contributed by atoms with Gasteiger partial charge in [0.05, 0.1) is 6.61 Å². The predicted octanol–water partition coefficient (Wildman–Crippen LogP) is 1.00. The number of nitrogens with one attached hydrogen (secondary N) is 1. The average molecular weight is 195 g/mol. The Kier molecular flexibility index (Phi) is 3.39. The quantitative estimate of drug-likeness (QED) is 0.729. The van der Waals surface area contributed by atoms with E-state index in [2.05, 4.69) is 15.3 Å². The smallest absolute Gasteiger partial charge is 0.357 e. The van der Waals surface area contributed by atoms with Gasteiger partial charge in [-0.1, -0.05) is 0 Å². The number of rotatable bonds is 3. The molecule has 0 aliphatic heterocycles. The monoisotopic (exact) mass is 195 g/mol. The van der Waals surface area contributed by atoms with Crippen molar-refractivity contribution in [2.24, 2.45) is 0 Å². The highest BCUT2D eigenvalue weighted by atomic mass is 16.5. The third-order valence-electron chi connectivity index (χ3n) is 1.56. The van der Waals surface area contributed by atoms with E-state index < -0.39 is 5.97 Å². The molecule has 0 saturated carbocycles. The summed E-state index contributed by atoms with van der Waals surface area (Å²) in [5.74, 6) is 0.00236. The second-order valence-electron chi connectivity index (χ2n) is 2.69. The molecule has 76 valence electrons. The van der Waals surface area contributed by atoms with Gasteiger partial charge in [-0.3, -0.25) is 0 Å². The summed E-state index contributed by atoms with van der Waals surface area (Å²) < 4.78 is 4.83. The van der Waals surface area contributed by atoms with Crippen molar-refractivity contribution in [3.63, 3.8) is 0 Å². The minimum absolute atomic E-state index is 0.281. The first-order valence-electron chi connectivity index (χ1n) is 4.38. The SMILES string of the molecule is CCOC(=O)c1cc(C)nc(NC)n1. The first-order chi connectivity index (χ1) is 6.67. The van der Waals surface area contributed by atoms with Crippen LogP contribution in [0.2, 0.25) is 0 Å². The topological polar surface area (TPSA) is 64.1 Å². The number of ether oxygens (including phenoxy) is 1. The van der Waals surface area contributed by atoms with Gasteiger partial charge < -0.3 is 10.1 Å². The van der Waals surface area contributed by atoms with Crippen LogP contribution in [-0.2, 0) is 4.74 Å². The molecular weight excluding hydrogens is 182 g/mol. The van der Waals surface area contributed by atoms with Gasteiger partial charge in [0.1, 0.15) is 0 Å². The van der Waals surface area contributed by atoms with Gasteiger partial charge in [-0.15, -0.1) is 0 Å². The Morgan fingerprint density at radius 3 is 2.86 bits per heavy atom. The number of hydrogen-bond donors (Lipinski definition) is 1. The van der Waals surface area contributed by atoms with Crippen LogP contribution in [0.25, 0.3) is 0 Å². The van der Waals surface area contributed by atoms with Crippen molar-refractivity contribution in [3.8, 4) is 0 Å². The Morgan fingerprint density at radius 2 is 2.29 bits per heavy atom. The molecule has 5 nitrogen and oxygen atoms in total. The molecule has 0 aliphatic carbocycles. The van der Waals surface area contributed by atoms with E-state index in [0.29, 0.717) is 12.6 Å². The lowest BCUT2D eigenvalue weighted by molar-refractivity contribution is 0.0519. The summed E-state index contributed by atoms with van der Waals surface area (Å²) >= 11 is 0. The summed E-state index contributed by atoms with van der Waals surface area (Å²) in [7, 11) is 1.70. The van der Waals surface area contributed by atoms with Crippen LogP contribution >= 0.6 is 0 Å². The van der Waals surface area contributed by atoms with Crippen LogP contribution in [0.15, 0.2) is 6.07 Å². The molecule has 1 rings (SSSR count). The van der Waals surface area contributed by atoms with Gasteiger partial charge in [-0.2, -0.15) is 0 Å². The highest BCUT2D eigenvalue weighted by molar-refractivity contribution is 5.87. The van der Waals surface area contributed by atoms with Crippen molar-refractivity contribution in [3.05, 3.63) is 17.5 Å². The Bertz CT molecular complexity index is 339. The summed E-state index contributed by atoms with van der Waals surface area (Å²) in [4.78, 5) is 19.4. The van der Waals surface area contributed by atoms with E-state index in [9.17, 15) is 4.79 Å². The van der Waals surface area contributed by atoms with Crippen LogP contribution in [0.5, 0.6) is 0 Å². The van der Waals surface area contributed by atoms with E-state index >= 15 is 0 Å². The minimum Gasteiger partial charge on any atom is -0.461 e. The second kappa shape index (κ2) is 4.55. The molecule has 1 aromatic rings. The van der Waals surface area contributed by atoms with Crippen molar-refractivity contribution in [1.82, 2.24) is 9.97 Å². The molecule has 0 aromatic carbocycles. The Hall–Kier alpha value is -1.65. The van der Waals surface area contributed by atoms with Crippen molar-refractivity contribution >= 4 is 11.9 Å². The van der Waals surface area contributed by atoms with Crippen molar-refractivity contribution < 1.29 is 9.53 Å². The molecule has 14 heavy (non-hydrogen) atoms. The van der Waals surface area contributed by atoms with Gasteiger partial charge in [-0.25, -0.2) is 14.8 Å². The summed E-state index contributed by atoms with van der Waals surface area (Å²) in [6.45, 7) is 3.90. The lowest BCUT2D eigenvalue weighted by atomic mass is 10.3. The zero-order valence-corrected chi connectivity index (χ0v) is 8.50. The summed E-state index contributed by atoms with van der Waals surface area (Å²) in [5, 5.41) is 2.78. The van der Waals surface area contributed by atoms with Crippen molar-refractivity contribution in [2.75, 3.05) is 19.0 Å². The van der Waals surface area contributed by atoms with E-state index in [1.807, 2.05) is 0 Å². The van der Waals surface area contributed by atoms with Crippen molar-refractivity contribution in [2.45, 2.75) is 13.8 Å². The number of esters is 1. The predicted molar refractivity (Wildman–Crippen MR) is 52.3 cm³/mol. The molecule has 0 amide bonds. The molecule has 0 bridgehead atoms. The van der Waals surface area contributed by atoms with E-state index in [1.165, 1.54) is 0 Å². The normalized spacial score (nSPS) is 9.64. The van der Waals surface area contributed by atoms with Crippen LogP contribution in [-0.4, -0.2) is 29.6 Å². The standard InChI is InChI=1S/C9H13N3O2/c1-4-14-8(13)7-5-6(2)11-9(10-3)12-7/h5H,4H2,1-3H3,(H,10,11,12). The number of nitrogens with zero attached hydrogens (tertiary/aromatic N) is 2. The third kappa shape index (κ3) is 2.42. The maximum absolute atomic E-state index is 11.3. The number of hydrogen-bond acceptors (Lipinski definition) is 5. The third-order valence-corrected chi connectivity index (χ3v) is 1.56. The Labute approximate surface area is 82.5 Å². The molecule has 0 unspecified atom stereocenters. The molecule has 1 heterocycles. The van der Waals surface area contributed by atoms with E-state index in [4.69, 9.17) is 4.74 Å². The fourth-order valence-corrected chi connectivity index (χ4v) is 0.990. The minimum atomic E-state index is -0.422. The van der Waals surface area contributed by atoms with Crippen LogP contribution in [0.4, 0.5) is 5.95 Å². The fourth-order valence-electron chi connectivity index (χ4n) is 0.990. The van der Waals surface area contributed by atoms with E-state index in [-0.39, 0.29) is 5.69 Å². The molecule has 0 aliphatic rings. The molecule has 0 radical (unpaired) electrons. The van der Waals surface area contributed by atoms with Crippen LogP contribution in [0, 0.1) is 6.92 Å². The lowest BCUT2D eigenvalue weighted by Crippen LogP contribution is -2.10.